The van der Waals surface area contributed by atoms with Crippen molar-refractivity contribution in [1.82, 2.24) is 0 Å². The highest BCUT2D eigenvalue weighted by Crippen LogP contribution is 2.37. The quantitative estimate of drug-likeness (QED) is 0.259. The maximum atomic E-state index is 11.8. The summed E-state index contributed by atoms with van der Waals surface area (Å²) in [6.45, 7) is 23.4. The second-order valence-corrected chi connectivity index (χ2v) is 12.2. The van der Waals surface area contributed by atoms with Gasteiger partial charge in [0.25, 0.3) is 0 Å². The Morgan fingerprint density at radius 3 is 1.48 bits per heavy atom. The van der Waals surface area contributed by atoms with Gasteiger partial charge in [0.05, 0.1) is 0 Å². The molecule has 2 atom stereocenters. The summed E-state index contributed by atoms with van der Waals surface area (Å²) in [5.74, 6) is 0. The average molecular weight is 535 g/mol. The molecule has 4 aromatic carbocycles. The second-order valence-electron chi connectivity index (χ2n) is 12.2. The summed E-state index contributed by atoms with van der Waals surface area (Å²) in [5, 5.41) is 23.2. The van der Waals surface area contributed by atoms with Crippen molar-refractivity contribution in [2.24, 2.45) is 0 Å². The molecule has 4 aromatic rings. The van der Waals surface area contributed by atoms with Crippen molar-refractivity contribution in [3.05, 3.63) is 137 Å². The van der Waals surface area contributed by atoms with E-state index in [-0.39, 0.29) is 0 Å². The first-order chi connectivity index (χ1) is 18.7. The van der Waals surface area contributed by atoms with Gasteiger partial charge in [-0.05, 0) is 172 Å². The summed E-state index contributed by atoms with van der Waals surface area (Å²) in [5.41, 5.74) is 19.4. The van der Waals surface area contributed by atoms with Crippen molar-refractivity contribution in [3.8, 4) is 0 Å². The van der Waals surface area contributed by atoms with Crippen LogP contribution in [0.15, 0.2) is 42.5 Å². The molecule has 0 spiro atoms. The summed E-state index contributed by atoms with van der Waals surface area (Å²) < 4.78 is 0. The normalized spacial score (nSPS) is 13.0. The Morgan fingerprint density at radius 2 is 0.925 bits per heavy atom. The van der Waals surface area contributed by atoms with Crippen molar-refractivity contribution in [3.63, 3.8) is 0 Å². The Morgan fingerprint density at radius 1 is 0.450 bits per heavy atom. The van der Waals surface area contributed by atoms with E-state index in [1.165, 1.54) is 50.1 Å². The van der Waals surface area contributed by atoms with Crippen LogP contribution in [0, 0.1) is 76.2 Å². The van der Waals surface area contributed by atoms with Crippen LogP contribution >= 0.6 is 0 Å². The van der Waals surface area contributed by atoms with E-state index >= 15 is 0 Å². The Bertz CT molecular complexity index is 1560. The molecule has 2 nitrogen and oxygen atoms in total. The molecule has 0 amide bonds. The van der Waals surface area contributed by atoms with Gasteiger partial charge < -0.3 is 10.2 Å². The van der Waals surface area contributed by atoms with Crippen LogP contribution in [-0.2, 0) is 6.42 Å². The third kappa shape index (κ3) is 5.53. The van der Waals surface area contributed by atoms with Crippen LogP contribution in [0.1, 0.15) is 107 Å². The zero-order valence-corrected chi connectivity index (χ0v) is 26.3. The molecule has 0 aromatic heterocycles. The molecule has 0 heterocycles. The molecule has 0 saturated heterocycles. The molecule has 0 saturated carbocycles. The van der Waals surface area contributed by atoms with E-state index in [9.17, 15) is 10.2 Å². The standard InChI is InChI=1S/C38H46O2/c1-20-12-25(6)35(26(7)13-20)38(40)36-27(8)14-24(5)34(30(36)11)19-31-18-33(17-23(4)29(31)10)37(39)32-15-21(2)28(9)22(3)16-32/h12-18,37-40H,19H2,1-11H3. The molecule has 2 unspecified atom stereocenters. The first-order valence-electron chi connectivity index (χ1n) is 14.4. The van der Waals surface area contributed by atoms with E-state index in [0.717, 1.165) is 50.9 Å². The van der Waals surface area contributed by atoms with E-state index in [1.54, 1.807) is 0 Å². The minimum absolute atomic E-state index is 0.677. The van der Waals surface area contributed by atoms with Crippen LogP contribution in [0.25, 0.3) is 0 Å². The number of aliphatic hydroxyl groups is 2. The number of aliphatic hydroxyl groups excluding tert-OH is 2. The lowest BCUT2D eigenvalue weighted by Gasteiger charge is -2.25. The van der Waals surface area contributed by atoms with Crippen molar-refractivity contribution >= 4 is 0 Å². The maximum absolute atomic E-state index is 11.8. The van der Waals surface area contributed by atoms with Gasteiger partial charge in [-0.2, -0.15) is 0 Å². The van der Waals surface area contributed by atoms with Crippen molar-refractivity contribution < 1.29 is 10.2 Å². The van der Waals surface area contributed by atoms with Crippen LogP contribution in [0.4, 0.5) is 0 Å². The average Bonchev–Trinajstić information content (AvgIpc) is 2.85. The van der Waals surface area contributed by atoms with Gasteiger partial charge in [0.15, 0.2) is 0 Å². The fraction of sp³-hybridized carbons (Fsp3) is 0.368. The van der Waals surface area contributed by atoms with Gasteiger partial charge in [0, 0.05) is 0 Å². The molecule has 0 aliphatic rings. The molecule has 2 N–H and O–H groups in total. The van der Waals surface area contributed by atoms with Crippen LogP contribution in [0.2, 0.25) is 0 Å². The zero-order chi connectivity index (χ0) is 29.6. The van der Waals surface area contributed by atoms with E-state index in [1.807, 2.05) is 0 Å². The molecule has 2 heteroatoms. The maximum Gasteiger partial charge on any atom is 0.105 e. The monoisotopic (exact) mass is 534 g/mol. The van der Waals surface area contributed by atoms with Crippen LogP contribution in [-0.4, -0.2) is 10.2 Å². The highest BCUT2D eigenvalue weighted by Gasteiger charge is 2.23. The highest BCUT2D eigenvalue weighted by atomic mass is 16.3. The van der Waals surface area contributed by atoms with Gasteiger partial charge in [-0.1, -0.05) is 48.0 Å². The molecule has 40 heavy (non-hydrogen) atoms. The lowest BCUT2D eigenvalue weighted by Crippen LogP contribution is -2.12. The lowest BCUT2D eigenvalue weighted by molar-refractivity contribution is 0.217. The fourth-order valence-electron chi connectivity index (χ4n) is 6.62. The Hall–Kier alpha value is -3.20. The SMILES string of the molecule is Cc1cc(C)c(C(O)c2c(C)cc(C)c(Cc3cc(C(O)c4cc(C)c(C)c(C)c4)cc(C)c3C)c2C)c(C)c1. The Balaban J connectivity index is 1.79. The van der Waals surface area contributed by atoms with Crippen LogP contribution in [0.5, 0.6) is 0 Å². The van der Waals surface area contributed by atoms with Gasteiger partial charge in [0.2, 0.25) is 0 Å². The van der Waals surface area contributed by atoms with E-state index in [2.05, 4.69) is 119 Å². The molecule has 0 fully saturated rings. The van der Waals surface area contributed by atoms with Gasteiger partial charge in [-0.3, -0.25) is 0 Å². The summed E-state index contributed by atoms with van der Waals surface area (Å²) in [6, 6.07) is 15.1. The number of aryl methyl sites for hydroxylation is 8. The second kappa shape index (κ2) is 11.4. The highest BCUT2D eigenvalue weighted by molar-refractivity contribution is 5.54. The summed E-state index contributed by atoms with van der Waals surface area (Å²) in [6.07, 6.45) is -0.604. The predicted octanol–water partition coefficient (Wildman–Crippen LogP) is 8.83. The predicted molar refractivity (Wildman–Crippen MR) is 169 cm³/mol. The number of hydrogen-bond acceptors (Lipinski definition) is 2. The Labute approximate surface area is 241 Å². The lowest BCUT2D eigenvalue weighted by atomic mass is 9.82. The largest absolute Gasteiger partial charge is 0.384 e. The fourth-order valence-corrected chi connectivity index (χ4v) is 6.62. The van der Waals surface area contributed by atoms with E-state index in [0.29, 0.717) is 0 Å². The van der Waals surface area contributed by atoms with Crippen LogP contribution < -0.4 is 0 Å². The molecule has 210 valence electrons. The Kier molecular flexibility index (Phi) is 8.45. The van der Waals surface area contributed by atoms with E-state index < -0.39 is 12.2 Å². The number of hydrogen-bond donors (Lipinski definition) is 2. The first-order valence-corrected chi connectivity index (χ1v) is 14.4. The first kappa shape index (κ1) is 29.8. The molecule has 0 aliphatic heterocycles. The molecular formula is C38H46O2. The smallest absolute Gasteiger partial charge is 0.105 e. The molecule has 4 rings (SSSR count). The van der Waals surface area contributed by atoms with Crippen molar-refractivity contribution in [2.45, 2.75) is 94.8 Å². The third-order valence-corrected chi connectivity index (χ3v) is 9.22. The van der Waals surface area contributed by atoms with Crippen LogP contribution in [0.3, 0.4) is 0 Å². The number of rotatable bonds is 6. The van der Waals surface area contributed by atoms with Gasteiger partial charge in [-0.25, -0.2) is 0 Å². The van der Waals surface area contributed by atoms with E-state index in [4.69, 9.17) is 0 Å². The summed E-state index contributed by atoms with van der Waals surface area (Å²) in [4.78, 5) is 0. The molecule has 0 radical (unpaired) electrons. The minimum atomic E-state index is -0.680. The van der Waals surface area contributed by atoms with Crippen molar-refractivity contribution in [1.29, 1.82) is 0 Å². The summed E-state index contributed by atoms with van der Waals surface area (Å²) in [7, 11) is 0. The van der Waals surface area contributed by atoms with Gasteiger partial charge >= 0.3 is 0 Å². The summed E-state index contributed by atoms with van der Waals surface area (Å²) >= 11 is 0. The zero-order valence-electron chi connectivity index (χ0n) is 26.3. The molecule has 0 aliphatic carbocycles. The van der Waals surface area contributed by atoms with Crippen molar-refractivity contribution in [2.75, 3.05) is 0 Å². The molecule has 0 bridgehead atoms. The third-order valence-electron chi connectivity index (χ3n) is 9.22. The number of benzene rings is 4. The minimum Gasteiger partial charge on any atom is -0.384 e. The van der Waals surface area contributed by atoms with Gasteiger partial charge in [-0.15, -0.1) is 0 Å². The topological polar surface area (TPSA) is 40.5 Å². The van der Waals surface area contributed by atoms with Gasteiger partial charge in [0.1, 0.15) is 12.2 Å². The molecular weight excluding hydrogens is 488 g/mol.